The van der Waals surface area contributed by atoms with E-state index >= 15 is 0 Å². The Kier molecular flexibility index (Phi) is 6.63. The van der Waals surface area contributed by atoms with E-state index in [0.717, 1.165) is 11.3 Å². The van der Waals surface area contributed by atoms with Crippen molar-refractivity contribution in [1.29, 1.82) is 0 Å². The number of carbonyl (C=O) groups is 2. The van der Waals surface area contributed by atoms with Gasteiger partial charge in [0.2, 0.25) is 0 Å². The average molecular weight is 466 g/mol. The lowest BCUT2D eigenvalue weighted by atomic mass is 10.0. The molecule has 2 amide bonds. The first-order valence-corrected chi connectivity index (χ1v) is 11.2. The number of rotatable bonds is 7. The molecule has 0 spiro atoms. The van der Waals surface area contributed by atoms with E-state index in [1.165, 1.54) is 11.3 Å². The molecular formula is C23H20ClN5O2S. The van der Waals surface area contributed by atoms with Crippen LogP contribution in [0.5, 0.6) is 0 Å². The first-order chi connectivity index (χ1) is 15.6. The van der Waals surface area contributed by atoms with Gasteiger partial charge in [0.1, 0.15) is 11.3 Å². The summed E-state index contributed by atoms with van der Waals surface area (Å²) < 4.78 is 1.73. The van der Waals surface area contributed by atoms with Crippen LogP contribution in [0.4, 0.5) is 10.5 Å². The number of para-hydroxylation sites is 1. The Balaban J connectivity index is 1.58. The number of hydrogen-bond donors (Lipinski definition) is 2. The van der Waals surface area contributed by atoms with E-state index in [4.69, 9.17) is 11.6 Å². The van der Waals surface area contributed by atoms with E-state index in [1.54, 1.807) is 47.3 Å². The number of hydrogen-bond acceptors (Lipinski definition) is 5. The standard InChI is InChI=1S/C23H20ClN5O2S/c1-2-16-12-18(21(30)17-10-6-7-11-19(17)24)22(32-16)29-14-26-28-20(29)13-25-23(31)27-15-8-4-3-5-9-15/h3-12,14H,2,13H2,1H3,(H2,25,27,31). The van der Waals surface area contributed by atoms with Crippen molar-refractivity contribution in [2.75, 3.05) is 5.32 Å². The number of aromatic nitrogens is 3. The maximum Gasteiger partial charge on any atom is 0.319 e. The van der Waals surface area contributed by atoms with Crippen molar-refractivity contribution in [3.8, 4) is 5.00 Å². The Morgan fingerprint density at radius 2 is 1.81 bits per heavy atom. The Morgan fingerprint density at radius 3 is 2.56 bits per heavy atom. The molecule has 0 aliphatic rings. The minimum atomic E-state index is -0.362. The van der Waals surface area contributed by atoms with Gasteiger partial charge < -0.3 is 10.6 Å². The molecule has 2 aromatic carbocycles. The van der Waals surface area contributed by atoms with Crippen LogP contribution in [0.25, 0.3) is 5.00 Å². The predicted octanol–water partition coefficient (Wildman–Crippen LogP) is 5.10. The van der Waals surface area contributed by atoms with Gasteiger partial charge >= 0.3 is 6.03 Å². The van der Waals surface area contributed by atoms with Crippen LogP contribution in [-0.4, -0.2) is 26.6 Å². The molecule has 0 unspecified atom stereocenters. The topological polar surface area (TPSA) is 88.9 Å². The summed E-state index contributed by atoms with van der Waals surface area (Å²) >= 11 is 7.75. The molecule has 9 heteroatoms. The molecule has 4 rings (SSSR count). The minimum Gasteiger partial charge on any atom is -0.331 e. The van der Waals surface area contributed by atoms with E-state index < -0.39 is 0 Å². The van der Waals surface area contributed by atoms with Gasteiger partial charge in [0.05, 0.1) is 17.1 Å². The number of urea groups is 1. The largest absolute Gasteiger partial charge is 0.331 e. The first-order valence-electron chi connectivity index (χ1n) is 9.98. The normalized spacial score (nSPS) is 10.7. The van der Waals surface area contributed by atoms with Crippen LogP contribution in [0.1, 0.15) is 33.5 Å². The number of carbonyl (C=O) groups excluding carboxylic acids is 2. The molecule has 0 aliphatic heterocycles. The Bertz CT molecular complexity index is 1250. The molecule has 2 N–H and O–H groups in total. The van der Waals surface area contributed by atoms with Gasteiger partial charge in [-0.05, 0) is 36.8 Å². The second-order valence-electron chi connectivity index (χ2n) is 6.88. The van der Waals surface area contributed by atoms with E-state index in [9.17, 15) is 9.59 Å². The summed E-state index contributed by atoms with van der Waals surface area (Å²) in [6.45, 7) is 2.17. The molecule has 0 radical (unpaired) electrons. The third-order valence-electron chi connectivity index (χ3n) is 4.75. The van der Waals surface area contributed by atoms with Crippen molar-refractivity contribution < 1.29 is 9.59 Å². The lowest BCUT2D eigenvalue weighted by Crippen LogP contribution is -2.29. The van der Waals surface area contributed by atoms with Crippen LogP contribution in [0.2, 0.25) is 5.02 Å². The maximum atomic E-state index is 13.3. The number of nitrogens with zero attached hydrogens (tertiary/aromatic N) is 3. The zero-order valence-corrected chi connectivity index (χ0v) is 18.8. The Hall–Kier alpha value is -3.49. The smallest absolute Gasteiger partial charge is 0.319 e. The van der Waals surface area contributed by atoms with Crippen LogP contribution in [-0.2, 0) is 13.0 Å². The van der Waals surface area contributed by atoms with Gasteiger partial charge in [0.25, 0.3) is 0 Å². The average Bonchev–Trinajstić information content (AvgIpc) is 3.45. The number of benzene rings is 2. The molecule has 0 aliphatic carbocycles. The number of nitrogens with one attached hydrogen (secondary N) is 2. The fourth-order valence-corrected chi connectivity index (χ4v) is 4.45. The van der Waals surface area contributed by atoms with E-state index in [-0.39, 0.29) is 18.4 Å². The number of thiophene rings is 1. The highest BCUT2D eigenvalue weighted by Crippen LogP contribution is 2.31. The number of amides is 2. The zero-order valence-electron chi connectivity index (χ0n) is 17.2. The van der Waals surface area contributed by atoms with Crippen molar-refractivity contribution in [2.45, 2.75) is 19.9 Å². The molecule has 2 heterocycles. The highest BCUT2D eigenvalue weighted by atomic mass is 35.5. The minimum absolute atomic E-state index is 0.137. The van der Waals surface area contributed by atoms with E-state index in [2.05, 4.69) is 20.8 Å². The van der Waals surface area contributed by atoms with Gasteiger partial charge in [-0.25, -0.2) is 4.79 Å². The van der Waals surface area contributed by atoms with Crippen LogP contribution >= 0.6 is 22.9 Å². The van der Waals surface area contributed by atoms with E-state index in [0.29, 0.717) is 32.7 Å². The van der Waals surface area contributed by atoms with E-state index in [1.807, 2.05) is 31.2 Å². The van der Waals surface area contributed by atoms with Crippen LogP contribution in [0.3, 0.4) is 0 Å². The second-order valence-corrected chi connectivity index (χ2v) is 8.41. The van der Waals surface area contributed by atoms with Gasteiger partial charge in [-0.15, -0.1) is 21.5 Å². The molecule has 162 valence electrons. The summed E-state index contributed by atoms with van der Waals surface area (Å²) in [4.78, 5) is 26.6. The van der Waals surface area contributed by atoms with Gasteiger partial charge in [0, 0.05) is 16.1 Å². The number of aryl methyl sites for hydroxylation is 1. The van der Waals surface area contributed by atoms with Gasteiger partial charge in [0.15, 0.2) is 11.6 Å². The third kappa shape index (κ3) is 4.71. The number of halogens is 1. The predicted molar refractivity (Wildman–Crippen MR) is 126 cm³/mol. The lowest BCUT2D eigenvalue weighted by molar-refractivity contribution is 0.103. The molecule has 0 saturated carbocycles. The molecule has 4 aromatic rings. The maximum absolute atomic E-state index is 13.3. The fourth-order valence-electron chi connectivity index (χ4n) is 3.14. The summed E-state index contributed by atoms with van der Waals surface area (Å²) in [6.07, 6.45) is 2.32. The zero-order chi connectivity index (χ0) is 22.5. The summed E-state index contributed by atoms with van der Waals surface area (Å²) in [5.41, 5.74) is 1.64. The molecular weight excluding hydrogens is 446 g/mol. The van der Waals surface area contributed by atoms with Gasteiger partial charge in [-0.3, -0.25) is 9.36 Å². The van der Waals surface area contributed by atoms with Crippen molar-refractivity contribution in [3.05, 3.63) is 93.8 Å². The summed E-state index contributed by atoms with van der Waals surface area (Å²) in [6, 6.07) is 17.6. The van der Waals surface area contributed by atoms with Crippen molar-refractivity contribution >= 4 is 40.4 Å². The summed E-state index contributed by atoms with van der Waals surface area (Å²) in [5.74, 6) is 0.335. The summed E-state index contributed by atoms with van der Waals surface area (Å²) in [7, 11) is 0. The highest BCUT2D eigenvalue weighted by molar-refractivity contribution is 7.15. The quantitative estimate of drug-likeness (QED) is 0.372. The molecule has 0 atom stereocenters. The molecule has 0 fully saturated rings. The monoisotopic (exact) mass is 465 g/mol. The Labute approximate surface area is 194 Å². The number of ketones is 1. The molecule has 32 heavy (non-hydrogen) atoms. The first kappa shape index (κ1) is 21.7. The fraction of sp³-hybridized carbons (Fsp3) is 0.130. The second kappa shape index (κ2) is 9.76. The lowest BCUT2D eigenvalue weighted by Gasteiger charge is -2.10. The molecule has 0 saturated heterocycles. The van der Waals surface area contributed by atoms with Crippen LogP contribution in [0, 0.1) is 0 Å². The van der Waals surface area contributed by atoms with Gasteiger partial charge in [-0.1, -0.05) is 48.9 Å². The van der Waals surface area contributed by atoms with Gasteiger partial charge in [-0.2, -0.15) is 0 Å². The summed E-state index contributed by atoms with van der Waals surface area (Å²) in [5, 5.41) is 14.8. The molecule has 0 bridgehead atoms. The molecule has 2 aromatic heterocycles. The van der Waals surface area contributed by atoms with Crippen LogP contribution in [0.15, 0.2) is 67.0 Å². The molecule has 7 nitrogen and oxygen atoms in total. The SMILES string of the molecule is CCc1cc(C(=O)c2ccccc2Cl)c(-n2cnnc2CNC(=O)Nc2ccccc2)s1. The van der Waals surface area contributed by atoms with Crippen molar-refractivity contribution in [2.24, 2.45) is 0 Å². The van der Waals surface area contributed by atoms with Crippen LogP contribution < -0.4 is 10.6 Å². The third-order valence-corrected chi connectivity index (χ3v) is 6.36. The van der Waals surface area contributed by atoms with Crippen molar-refractivity contribution in [3.63, 3.8) is 0 Å². The van der Waals surface area contributed by atoms with Crippen molar-refractivity contribution in [1.82, 2.24) is 20.1 Å². The number of anilines is 1. The highest BCUT2D eigenvalue weighted by Gasteiger charge is 2.22. The Morgan fingerprint density at radius 1 is 1.06 bits per heavy atom.